The molecule has 142 valence electrons. The van der Waals surface area contributed by atoms with Gasteiger partial charge < -0.3 is 19.3 Å². The molecule has 0 bridgehead atoms. The molecular formula is C19H24O7. The molecule has 2 aliphatic carbocycles. The van der Waals surface area contributed by atoms with E-state index in [9.17, 15) is 19.5 Å². The van der Waals surface area contributed by atoms with Gasteiger partial charge in [0, 0.05) is 31.6 Å². The average molecular weight is 364 g/mol. The van der Waals surface area contributed by atoms with Gasteiger partial charge in [0.25, 0.3) is 0 Å². The lowest BCUT2D eigenvalue weighted by Crippen LogP contribution is -2.55. The van der Waals surface area contributed by atoms with Gasteiger partial charge in [0.2, 0.25) is 0 Å². The van der Waals surface area contributed by atoms with Crippen LogP contribution in [0.3, 0.4) is 0 Å². The van der Waals surface area contributed by atoms with Crippen LogP contribution in [-0.4, -0.2) is 47.9 Å². The largest absolute Gasteiger partial charge is 0.461 e. The molecule has 3 aliphatic rings. The molecule has 1 N–H and O–H groups in total. The molecule has 0 aromatic carbocycles. The van der Waals surface area contributed by atoms with Crippen LogP contribution in [0.2, 0.25) is 0 Å². The first-order chi connectivity index (χ1) is 12.1. The van der Waals surface area contributed by atoms with E-state index in [1.807, 2.05) is 6.92 Å². The summed E-state index contributed by atoms with van der Waals surface area (Å²) in [5.41, 5.74) is 1.27. The summed E-state index contributed by atoms with van der Waals surface area (Å²) in [6.07, 6.45) is -0.409. The zero-order valence-corrected chi connectivity index (χ0v) is 15.2. The predicted molar refractivity (Wildman–Crippen MR) is 89.7 cm³/mol. The van der Waals surface area contributed by atoms with Crippen molar-refractivity contribution in [1.82, 2.24) is 0 Å². The first-order valence-electron chi connectivity index (χ1n) is 8.75. The molecule has 7 nitrogen and oxygen atoms in total. The molecule has 1 heterocycles. The van der Waals surface area contributed by atoms with Crippen LogP contribution in [0.5, 0.6) is 0 Å². The Hall–Kier alpha value is -2.15. The van der Waals surface area contributed by atoms with Crippen molar-refractivity contribution in [2.75, 3.05) is 6.61 Å². The standard InChI is InChI=1S/C19H24O7/c1-9-14(25-11(3)21)7-15(22)19(4)6-5-12-13(8-24-10(2)20)18(23)26-17(12)16(9)19/h14-17,22H,1,5-8H2,2-4H3/t14-,15+,16+,17-,19-/m0/s1. The van der Waals surface area contributed by atoms with Gasteiger partial charge in [-0.25, -0.2) is 4.79 Å². The third kappa shape index (κ3) is 2.94. The third-order valence-electron chi connectivity index (χ3n) is 5.90. The number of fused-ring (bicyclic) bond motifs is 3. The highest BCUT2D eigenvalue weighted by Gasteiger charge is 2.58. The molecule has 3 rings (SSSR count). The van der Waals surface area contributed by atoms with Crippen molar-refractivity contribution >= 4 is 17.9 Å². The topological polar surface area (TPSA) is 99.1 Å². The molecule has 5 atom stereocenters. The Balaban J connectivity index is 1.94. The van der Waals surface area contributed by atoms with Crippen LogP contribution in [0.4, 0.5) is 0 Å². The highest BCUT2D eigenvalue weighted by Crippen LogP contribution is 2.56. The third-order valence-corrected chi connectivity index (χ3v) is 5.90. The first kappa shape index (κ1) is 18.6. The summed E-state index contributed by atoms with van der Waals surface area (Å²) in [4.78, 5) is 34.8. The molecule has 0 aromatic heterocycles. The Morgan fingerprint density at radius 3 is 2.65 bits per heavy atom. The molecule has 2 fully saturated rings. The Bertz CT molecular complexity index is 707. The summed E-state index contributed by atoms with van der Waals surface area (Å²) >= 11 is 0. The lowest BCUT2D eigenvalue weighted by atomic mass is 9.55. The van der Waals surface area contributed by atoms with E-state index in [4.69, 9.17) is 14.2 Å². The van der Waals surface area contributed by atoms with Gasteiger partial charge in [0.1, 0.15) is 18.8 Å². The first-order valence-corrected chi connectivity index (χ1v) is 8.75. The quantitative estimate of drug-likeness (QED) is 0.459. The Kier molecular flexibility index (Phi) is 4.69. The summed E-state index contributed by atoms with van der Waals surface area (Å²) in [7, 11) is 0. The van der Waals surface area contributed by atoms with Crippen molar-refractivity contribution in [3.63, 3.8) is 0 Å². The molecule has 0 saturated heterocycles. The normalized spacial score (nSPS) is 36.2. The fraction of sp³-hybridized carbons (Fsp3) is 0.632. The number of rotatable bonds is 3. The Morgan fingerprint density at radius 2 is 2.04 bits per heavy atom. The molecular weight excluding hydrogens is 340 g/mol. The van der Waals surface area contributed by atoms with Gasteiger partial charge in [-0.3, -0.25) is 9.59 Å². The van der Waals surface area contributed by atoms with Crippen LogP contribution in [0, 0.1) is 11.3 Å². The molecule has 0 radical (unpaired) electrons. The summed E-state index contributed by atoms with van der Waals surface area (Å²) in [6, 6.07) is 0. The van der Waals surface area contributed by atoms with Crippen LogP contribution in [0.1, 0.15) is 40.0 Å². The number of aliphatic hydroxyl groups is 1. The second-order valence-corrected chi connectivity index (χ2v) is 7.52. The lowest BCUT2D eigenvalue weighted by Gasteiger charge is -2.53. The Morgan fingerprint density at radius 1 is 1.35 bits per heavy atom. The second kappa shape index (κ2) is 6.54. The zero-order valence-electron chi connectivity index (χ0n) is 15.2. The minimum absolute atomic E-state index is 0.119. The number of esters is 3. The molecule has 26 heavy (non-hydrogen) atoms. The van der Waals surface area contributed by atoms with Crippen molar-refractivity contribution in [1.29, 1.82) is 0 Å². The van der Waals surface area contributed by atoms with E-state index in [1.165, 1.54) is 13.8 Å². The van der Waals surface area contributed by atoms with Gasteiger partial charge in [0.05, 0.1) is 11.7 Å². The van der Waals surface area contributed by atoms with E-state index in [2.05, 4.69) is 6.58 Å². The minimum atomic E-state index is -0.708. The Labute approximate surface area is 152 Å². The number of aliphatic hydroxyl groups excluding tert-OH is 1. The van der Waals surface area contributed by atoms with E-state index in [0.717, 1.165) is 5.57 Å². The van der Waals surface area contributed by atoms with Gasteiger partial charge in [-0.15, -0.1) is 0 Å². The van der Waals surface area contributed by atoms with E-state index in [0.29, 0.717) is 24.0 Å². The smallest absolute Gasteiger partial charge is 0.338 e. The monoisotopic (exact) mass is 364 g/mol. The number of hydrogen-bond acceptors (Lipinski definition) is 7. The molecule has 0 amide bonds. The summed E-state index contributed by atoms with van der Waals surface area (Å²) in [5, 5.41) is 10.7. The molecule has 2 saturated carbocycles. The summed E-state index contributed by atoms with van der Waals surface area (Å²) in [5.74, 6) is -1.79. The molecule has 7 heteroatoms. The van der Waals surface area contributed by atoms with Crippen LogP contribution in [-0.2, 0) is 28.6 Å². The van der Waals surface area contributed by atoms with Gasteiger partial charge in [-0.1, -0.05) is 13.5 Å². The van der Waals surface area contributed by atoms with Crippen LogP contribution < -0.4 is 0 Å². The molecule has 0 spiro atoms. The van der Waals surface area contributed by atoms with Crippen molar-refractivity contribution in [3.8, 4) is 0 Å². The average Bonchev–Trinajstić information content (AvgIpc) is 2.85. The lowest BCUT2D eigenvalue weighted by molar-refractivity contribution is -0.161. The fourth-order valence-corrected chi connectivity index (χ4v) is 4.49. The highest BCUT2D eigenvalue weighted by atomic mass is 16.6. The van der Waals surface area contributed by atoms with Gasteiger partial charge in [-0.05, 0) is 24.0 Å². The zero-order chi connectivity index (χ0) is 19.2. The van der Waals surface area contributed by atoms with Crippen LogP contribution >= 0.6 is 0 Å². The fourth-order valence-electron chi connectivity index (χ4n) is 4.49. The van der Waals surface area contributed by atoms with Gasteiger partial charge in [-0.2, -0.15) is 0 Å². The van der Waals surface area contributed by atoms with Crippen molar-refractivity contribution in [3.05, 3.63) is 23.3 Å². The van der Waals surface area contributed by atoms with E-state index in [1.54, 1.807) is 0 Å². The minimum Gasteiger partial charge on any atom is -0.461 e. The molecule has 0 aromatic rings. The summed E-state index contributed by atoms with van der Waals surface area (Å²) in [6.45, 7) is 8.53. The van der Waals surface area contributed by atoms with Crippen LogP contribution in [0.25, 0.3) is 0 Å². The maximum atomic E-state index is 12.3. The SMILES string of the molecule is C=C1[C@@H](OC(C)=O)C[C@@H](O)[C@]2(C)CCC3=C(COC(C)=O)C(=O)O[C@@H]3[C@@H]12. The van der Waals surface area contributed by atoms with E-state index < -0.39 is 41.6 Å². The predicted octanol–water partition coefficient (Wildman–Crippen LogP) is 1.44. The second-order valence-electron chi connectivity index (χ2n) is 7.52. The molecule has 1 aliphatic heterocycles. The number of ether oxygens (including phenoxy) is 3. The highest BCUT2D eigenvalue weighted by molar-refractivity contribution is 5.93. The van der Waals surface area contributed by atoms with Gasteiger partial charge >= 0.3 is 17.9 Å². The van der Waals surface area contributed by atoms with E-state index in [-0.39, 0.29) is 18.9 Å². The maximum Gasteiger partial charge on any atom is 0.338 e. The van der Waals surface area contributed by atoms with Crippen molar-refractivity contribution in [2.24, 2.45) is 11.3 Å². The molecule has 0 unspecified atom stereocenters. The van der Waals surface area contributed by atoms with Gasteiger partial charge in [0.15, 0.2) is 0 Å². The van der Waals surface area contributed by atoms with Crippen LogP contribution in [0.15, 0.2) is 23.3 Å². The van der Waals surface area contributed by atoms with Crippen molar-refractivity contribution in [2.45, 2.75) is 58.3 Å². The summed E-state index contributed by atoms with van der Waals surface area (Å²) < 4.78 is 15.9. The number of carbonyl (C=O) groups excluding carboxylic acids is 3. The number of hydrogen-bond donors (Lipinski definition) is 1. The maximum absolute atomic E-state index is 12.3. The van der Waals surface area contributed by atoms with E-state index >= 15 is 0 Å². The van der Waals surface area contributed by atoms with Crippen molar-refractivity contribution < 1.29 is 33.7 Å². The number of carbonyl (C=O) groups is 3.